The highest BCUT2D eigenvalue weighted by Gasteiger charge is 2.26. The van der Waals surface area contributed by atoms with Crippen LogP contribution in [0, 0.1) is 0 Å². The molecular formula is C13H18F2N2O2S. The zero-order valence-electron chi connectivity index (χ0n) is 11.1. The van der Waals surface area contributed by atoms with Crippen LogP contribution in [-0.4, -0.2) is 45.3 Å². The third-order valence-electron chi connectivity index (χ3n) is 3.37. The Morgan fingerprint density at radius 3 is 2.30 bits per heavy atom. The molecule has 7 heteroatoms. The van der Waals surface area contributed by atoms with Crippen molar-refractivity contribution in [3.63, 3.8) is 0 Å². The van der Waals surface area contributed by atoms with Crippen LogP contribution in [-0.2, 0) is 9.84 Å². The topological polar surface area (TPSA) is 49.4 Å². The Hall–Kier alpha value is -1.21. The minimum atomic E-state index is -4.50. The van der Waals surface area contributed by atoms with Crippen molar-refractivity contribution >= 4 is 15.5 Å². The summed E-state index contributed by atoms with van der Waals surface area (Å²) in [5, 5.41) is 3.16. The van der Waals surface area contributed by atoms with Crippen LogP contribution in [0.1, 0.15) is 12.8 Å². The van der Waals surface area contributed by atoms with E-state index in [-0.39, 0.29) is 4.90 Å². The molecule has 1 aliphatic heterocycles. The summed E-state index contributed by atoms with van der Waals surface area (Å²) >= 11 is 0. The number of benzene rings is 1. The van der Waals surface area contributed by atoms with E-state index in [0.717, 1.165) is 31.9 Å². The third kappa shape index (κ3) is 3.67. The minimum Gasteiger partial charge on any atom is -0.384 e. The van der Waals surface area contributed by atoms with Crippen molar-refractivity contribution < 1.29 is 17.2 Å². The van der Waals surface area contributed by atoms with Crippen molar-refractivity contribution in [2.45, 2.75) is 23.5 Å². The summed E-state index contributed by atoms with van der Waals surface area (Å²) in [4.78, 5) is 2.00. The predicted octanol–water partition coefficient (Wildman–Crippen LogP) is 2.19. The van der Waals surface area contributed by atoms with E-state index in [1.165, 1.54) is 37.1 Å². The molecule has 0 saturated carbocycles. The largest absolute Gasteiger partial charge is 0.384 e. The molecule has 20 heavy (non-hydrogen) atoms. The van der Waals surface area contributed by atoms with Crippen molar-refractivity contribution in [2.24, 2.45) is 0 Å². The van der Waals surface area contributed by atoms with Gasteiger partial charge in [0.1, 0.15) is 0 Å². The van der Waals surface area contributed by atoms with Crippen molar-refractivity contribution in [1.82, 2.24) is 4.90 Å². The van der Waals surface area contributed by atoms with Gasteiger partial charge in [-0.1, -0.05) is 0 Å². The Kier molecular flexibility index (Phi) is 4.93. The summed E-state index contributed by atoms with van der Waals surface area (Å²) in [6, 6.07) is 5.44. The Morgan fingerprint density at radius 2 is 1.75 bits per heavy atom. The zero-order chi connectivity index (χ0) is 14.6. The van der Waals surface area contributed by atoms with Crippen LogP contribution in [0.25, 0.3) is 0 Å². The van der Waals surface area contributed by atoms with Gasteiger partial charge >= 0.3 is 5.76 Å². The maximum Gasteiger partial charge on any atom is 0.341 e. The van der Waals surface area contributed by atoms with Crippen LogP contribution in [0.2, 0.25) is 0 Å². The summed E-state index contributed by atoms with van der Waals surface area (Å²) in [7, 11) is -4.50. The van der Waals surface area contributed by atoms with Gasteiger partial charge in [-0.25, -0.2) is 8.42 Å². The minimum absolute atomic E-state index is 0.349. The van der Waals surface area contributed by atoms with Gasteiger partial charge in [0.05, 0.1) is 4.90 Å². The number of anilines is 1. The highest BCUT2D eigenvalue weighted by Crippen LogP contribution is 2.20. The molecule has 1 aromatic carbocycles. The quantitative estimate of drug-likeness (QED) is 0.875. The smallest absolute Gasteiger partial charge is 0.341 e. The number of nitrogens with one attached hydrogen (secondary N) is 1. The van der Waals surface area contributed by atoms with E-state index in [1.54, 1.807) is 0 Å². The molecule has 1 aromatic rings. The SMILES string of the molecule is O=S(=O)(c1ccc(NCCN2CCCC2)cc1)C(F)F. The van der Waals surface area contributed by atoms with E-state index in [1.807, 2.05) is 0 Å². The van der Waals surface area contributed by atoms with E-state index in [4.69, 9.17) is 0 Å². The summed E-state index contributed by atoms with van der Waals surface area (Å²) in [6.45, 7) is 3.92. The van der Waals surface area contributed by atoms with Crippen molar-refractivity contribution in [2.75, 3.05) is 31.5 Å². The highest BCUT2D eigenvalue weighted by atomic mass is 32.2. The molecule has 112 valence electrons. The molecule has 0 unspecified atom stereocenters. The lowest BCUT2D eigenvalue weighted by atomic mass is 10.3. The lowest BCUT2D eigenvalue weighted by molar-refractivity contribution is 0.234. The van der Waals surface area contributed by atoms with Gasteiger partial charge in [0.2, 0.25) is 9.84 Å². The molecule has 0 radical (unpaired) electrons. The second-order valence-corrected chi connectivity index (χ2v) is 6.72. The van der Waals surface area contributed by atoms with E-state index < -0.39 is 15.6 Å². The molecule has 0 spiro atoms. The number of rotatable bonds is 6. The van der Waals surface area contributed by atoms with Crippen LogP contribution in [0.4, 0.5) is 14.5 Å². The van der Waals surface area contributed by atoms with Gasteiger partial charge in [-0.15, -0.1) is 0 Å². The fourth-order valence-corrected chi connectivity index (χ4v) is 2.95. The molecule has 0 aromatic heterocycles. The number of hydrogen-bond donors (Lipinski definition) is 1. The lowest BCUT2D eigenvalue weighted by Gasteiger charge is -2.15. The van der Waals surface area contributed by atoms with Crippen molar-refractivity contribution in [1.29, 1.82) is 0 Å². The number of halogens is 2. The first kappa shape index (κ1) is 15.2. The van der Waals surface area contributed by atoms with Gasteiger partial charge in [0, 0.05) is 18.8 Å². The van der Waals surface area contributed by atoms with E-state index >= 15 is 0 Å². The summed E-state index contributed by atoms with van der Waals surface area (Å²) in [6.07, 6.45) is 2.47. The van der Waals surface area contributed by atoms with Crippen LogP contribution in [0.5, 0.6) is 0 Å². The molecular weight excluding hydrogens is 286 g/mol. The molecule has 0 atom stereocenters. The Balaban J connectivity index is 1.88. The van der Waals surface area contributed by atoms with Gasteiger partial charge < -0.3 is 10.2 Å². The molecule has 1 fully saturated rings. The maximum absolute atomic E-state index is 12.4. The monoisotopic (exact) mass is 304 g/mol. The molecule has 0 aliphatic carbocycles. The van der Waals surface area contributed by atoms with Crippen LogP contribution < -0.4 is 5.32 Å². The van der Waals surface area contributed by atoms with E-state index in [0.29, 0.717) is 0 Å². The van der Waals surface area contributed by atoms with Crippen LogP contribution in [0.3, 0.4) is 0 Å². The third-order valence-corrected chi connectivity index (χ3v) is 4.77. The number of nitrogens with zero attached hydrogens (tertiary/aromatic N) is 1. The predicted molar refractivity (Wildman–Crippen MR) is 73.8 cm³/mol. The molecule has 0 bridgehead atoms. The van der Waals surface area contributed by atoms with Gasteiger partial charge in [-0.05, 0) is 50.2 Å². The van der Waals surface area contributed by atoms with Crippen LogP contribution >= 0.6 is 0 Å². The number of likely N-dealkylation sites (tertiary alicyclic amines) is 1. The van der Waals surface area contributed by atoms with Gasteiger partial charge in [-0.2, -0.15) is 8.78 Å². The molecule has 1 N–H and O–H groups in total. The summed E-state index contributed by atoms with van der Waals surface area (Å²) in [5.41, 5.74) is 0.734. The molecule has 0 amide bonds. The van der Waals surface area contributed by atoms with E-state index in [2.05, 4.69) is 10.2 Å². The fourth-order valence-electron chi connectivity index (χ4n) is 2.23. The first-order chi connectivity index (χ1) is 9.50. The normalized spacial score (nSPS) is 16.8. The Bertz CT molecular complexity index is 526. The summed E-state index contributed by atoms with van der Waals surface area (Å²) in [5.74, 6) is -3.38. The molecule has 1 saturated heterocycles. The van der Waals surface area contributed by atoms with Gasteiger partial charge in [-0.3, -0.25) is 0 Å². The zero-order valence-corrected chi connectivity index (χ0v) is 11.9. The Labute approximate surface area is 117 Å². The van der Waals surface area contributed by atoms with Gasteiger partial charge in [0.15, 0.2) is 0 Å². The average molecular weight is 304 g/mol. The average Bonchev–Trinajstić information content (AvgIpc) is 2.92. The first-order valence-corrected chi connectivity index (χ1v) is 8.13. The van der Waals surface area contributed by atoms with Crippen LogP contribution in [0.15, 0.2) is 29.2 Å². The standard InChI is InChI=1S/C13H18F2N2O2S/c14-13(15)20(18,19)12-5-3-11(4-6-12)16-7-10-17-8-1-2-9-17/h3-6,13,16H,1-2,7-10H2. The highest BCUT2D eigenvalue weighted by molar-refractivity contribution is 7.91. The maximum atomic E-state index is 12.4. The second kappa shape index (κ2) is 6.49. The number of alkyl halides is 2. The molecule has 1 aliphatic rings. The Morgan fingerprint density at radius 1 is 1.15 bits per heavy atom. The molecule has 1 heterocycles. The molecule has 2 rings (SSSR count). The first-order valence-electron chi connectivity index (χ1n) is 6.58. The van der Waals surface area contributed by atoms with Crippen molar-refractivity contribution in [3.05, 3.63) is 24.3 Å². The lowest BCUT2D eigenvalue weighted by Crippen LogP contribution is -2.25. The molecule has 4 nitrogen and oxygen atoms in total. The second-order valence-electron chi connectivity index (χ2n) is 4.81. The summed E-state index contributed by atoms with van der Waals surface area (Å²) < 4.78 is 47.2. The fraction of sp³-hybridized carbons (Fsp3) is 0.538. The van der Waals surface area contributed by atoms with Crippen molar-refractivity contribution in [3.8, 4) is 0 Å². The number of hydrogen-bond acceptors (Lipinski definition) is 4. The number of sulfone groups is 1. The van der Waals surface area contributed by atoms with E-state index in [9.17, 15) is 17.2 Å². The van der Waals surface area contributed by atoms with Gasteiger partial charge in [0.25, 0.3) is 0 Å².